The highest BCUT2D eigenvalue weighted by atomic mass is 32.2. The Hall–Kier alpha value is -5.79. The average molecular weight is 680 g/mol. The molecule has 4 aromatic carbocycles. The predicted molar refractivity (Wildman–Crippen MR) is 177 cm³/mol. The number of nitrogens with zero attached hydrogens (tertiary/aromatic N) is 2. The van der Waals surface area contributed by atoms with Gasteiger partial charge in [-0.1, -0.05) is 96.7 Å². The lowest BCUT2D eigenvalue weighted by Crippen LogP contribution is -2.44. The number of rotatable bonds is 11. The Morgan fingerprint density at radius 2 is 1.18 bits per heavy atom. The van der Waals surface area contributed by atoms with E-state index < -0.39 is 60.3 Å². The highest BCUT2D eigenvalue weighted by Gasteiger charge is 2.52. The van der Waals surface area contributed by atoms with E-state index in [0.29, 0.717) is 5.75 Å². The van der Waals surface area contributed by atoms with Crippen molar-refractivity contribution in [2.75, 3.05) is 6.61 Å². The first-order valence-electron chi connectivity index (χ1n) is 15.2. The summed E-state index contributed by atoms with van der Waals surface area (Å²) in [4.78, 5) is 68.0. The number of ether oxygens (including phenoxy) is 4. The van der Waals surface area contributed by atoms with Gasteiger partial charge in [-0.25, -0.2) is 19.2 Å². The van der Waals surface area contributed by atoms with Crippen molar-refractivity contribution in [1.29, 1.82) is 0 Å². The van der Waals surface area contributed by atoms with Gasteiger partial charge in [0.05, 0.1) is 16.7 Å². The van der Waals surface area contributed by atoms with Gasteiger partial charge in [0.15, 0.2) is 23.5 Å². The van der Waals surface area contributed by atoms with Crippen molar-refractivity contribution in [3.8, 4) is 0 Å². The van der Waals surface area contributed by atoms with E-state index in [1.807, 2.05) is 30.3 Å². The van der Waals surface area contributed by atoms with Gasteiger partial charge in [-0.3, -0.25) is 9.78 Å². The fraction of sp³-hybridized carbons (Fsp3) is 0.167. The maximum Gasteiger partial charge on any atom is 0.347 e. The second kappa shape index (κ2) is 15.4. The van der Waals surface area contributed by atoms with Crippen molar-refractivity contribution >= 4 is 29.7 Å². The predicted octanol–water partition coefficient (Wildman–Crippen LogP) is 4.43. The summed E-state index contributed by atoms with van der Waals surface area (Å²) in [5.74, 6) is -1.91. The SMILES string of the molecule is O=C(OC[C@@H]1O[C@H](n2nc(SCc3ccccc3)c(=O)[nH]c2=O)[C@@H](OC(=O)c2ccccc2)[C@@H]1OC(=O)c1ccccc1)c1ccccc1. The zero-order chi connectivity index (χ0) is 34.2. The van der Waals surface area contributed by atoms with E-state index in [-0.39, 0.29) is 21.7 Å². The standard InChI is InChI=1S/C36H29N3O9S/c40-30-31(49-22-23-13-5-1-6-14-23)38-39(36(44)37-30)32-29(48-35(43)26-19-11-4-12-20-26)28(47-34(42)25-17-9-3-10-18-25)27(46-32)21-45-33(41)24-15-7-2-8-16-24/h1-20,27-29,32H,21-22H2,(H,37,40,44)/t27-,28+,29-,32-/m0/s1. The Bertz CT molecular complexity index is 2020. The molecule has 1 saturated heterocycles. The summed E-state index contributed by atoms with van der Waals surface area (Å²) in [6.07, 6.45) is -5.62. The molecule has 1 fully saturated rings. The minimum atomic E-state index is -1.51. The molecular formula is C36H29N3O9S. The van der Waals surface area contributed by atoms with Crippen LogP contribution < -0.4 is 11.2 Å². The number of thioether (sulfide) groups is 1. The van der Waals surface area contributed by atoms with Gasteiger partial charge in [-0.05, 0) is 42.0 Å². The first-order chi connectivity index (χ1) is 23.9. The first-order valence-corrected chi connectivity index (χ1v) is 16.2. The van der Waals surface area contributed by atoms with Gasteiger partial charge in [0, 0.05) is 5.75 Å². The number of aromatic amines is 1. The normalized spacial score (nSPS) is 18.4. The van der Waals surface area contributed by atoms with Gasteiger partial charge < -0.3 is 18.9 Å². The molecule has 0 radical (unpaired) electrons. The van der Waals surface area contributed by atoms with Gasteiger partial charge in [0.2, 0.25) is 0 Å². The molecule has 6 rings (SSSR count). The quantitative estimate of drug-likeness (QED) is 0.120. The van der Waals surface area contributed by atoms with Gasteiger partial charge in [0.25, 0.3) is 5.56 Å². The third-order valence-corrected chi connectivity index (χ3v) is 8.48. The van der Waals surface area contributed by atoms with Crippen LogP contribution in [0.2, 0.25) is 0 Å². The summed E-state index contributed by atoms with van der Waals surface area (Å²) in [7, 11) is 0. The minimum Gasteiger partial charge on any atom is -0.459 e. The van der Waals surface area contributed by atoms with E-state index in [0.717, 1.165) is 22.0 Å². The topological polar surface area (TPSA) is 156 Å². The highest BCUT2D eigenvalue weighted by Crippen LogP contribution is 2.34. The summed E-state index contributed by atoms with van der Waals surface area (Å²) in [5.41, 5.74) is -0.146. The van der Waals surface area contributed by atoms with E-state index in [2.05, 4.69) is 10.1 Å². The molecule has 1 N–H and O–H groups in total. The summed E-state index contributed by atoms with van der Waals surface area (Å²) >= 11 is 1.08. The van der Waals surface area contributed by atoms with Crippen LogP contribution in [0.1, 0.15) is 42.9 Å². The van der Waals surface area contributed by atoms with Gasteiger partial charge in [-0.2, -0.15) is 9.78 Å². The molecule has 248 valence electrons. The number of H-pyrrole nitrogens is 1. The Labute approximate surface area is 283 Å². The number of hydrogen-bond acceptors (Lipinski definition) is 11. The molecular weight excluding hydrogens is 650 g/mol. The molecule has 0 bridgehead atoms. The average Bonchev–Trinajstić information content (AvgIpc) is 3.47. The van der Waals surface area contributed by atoms with Crippen molar-refractivity contribution in [2.45, 2.75) is 35.3 Å². The third kappa shape index (κ3) is 8.03. The van der Waals surface area contributed by atoms with Crippen LogP contribution in [0, 0.1) is 0 Å². The van der Waals surface area contributed by atoms with Crippen molar-refractivity contribution in [3.63, 3.8) is 0 Å². The Kier molecular flexibility index (Phi) is 10.4. The maximum absolute atomic E-state index is 13.4. The molecule has 0 amide bonds. The van der Waals surface area contributed by atoms with Gasteiger partial charge in [0.1, 0.15) is 12.7 Å². The number of nitrogens with one attached hydrogen (secondary N) is 1. The maximum atomic E-state index is 13.4. The van der Waals surface area contributed by atoms with Crippen molar-refractivity contribution in [3.05, 3.63) is 164 Å². The van der Waals surface area contributed by atoms with Crippen LogP contribution in [-0.2, 0) is 24.7 Å². The Morgan fingerprint density at radius 3 is 1.73 bits per heavy atom. The fourth-order valence-corrected chi connectivity index (χ4v) is 5.87. The molecule has 0 aliphatic carbocycles. The summed E-state index contributed by atoms with van der Waals surface area (Å²) in [6.45, 7) is -0.454. The van der Waals surface area contributed by atoms with E-state index in [1.54, 1.807) is 66.7 Å². The van der Waals surface area contributed by atoms with E-state index in [4.69, 9.17) is 18.9 Å². The number of aromatic nitrogens is 3. The second-order valence-electron chi connectivity index (χ2n) is 10.8. The van der Waals surface area contributed by atoms with Crippen molar-refractivity contribution in [1.82, 2.24) is 14.8 Å². The van der Waals surface area contributed by atoms with Crippen LogP contribution in [0.5, 0.6) is 0 Å². The smallest absolute Gasteiger partial charge is 0.347 e. The first kappa shape index (κ1) is 33.1. The van der Waals surface area contributed by atoms with Crippen LogP contribution in [-0.4, -0.2) is 57.6 Å². The molecule has 1 aliphatic rings. The molecule has 2 heterocycles. The summed E-state index contributed by atoms with van der Waals surface area (Å²) < 4.78 is 24.4. The molecule has 49 heavy (non-hydrogen) atoms. The molecule has 1 aliphatic heterocycles. The summed E-state index contributed by atoms with van der Waals surface area (Å²) in [5, 5.41) is 4.25. The highest BCUT2D eigenvalue weighted by molar-refractivity contribution is 7.98. The number of hydrogen-bond donors (Lipinski definition) is 1. The van der Waals surface area contributed by atoms with E-state index in [1.165, 1.54) is 24.3 Å². The molecule has 5 aromatic rings. The van der Waals surface area contributed by atoms with Crippen LogP contribution in [0.15, 0.2) is 136 Å². The molecule has 12 nitrogen and oxygen atoms in total. The second-order valence-corrected chi connectivity index (χ2v) is 11.7. The van der Waals surface area contributed by atoms with Crippen LogP contribution in [0.4, 0.5) is 0 Å². The van der Waals surface area contributed by atoms with Crippen molar-refractivity contribution in [2.24, 2.45) is 0 Å². The molecule has 13 heteroatoms. The molecule has 0 unspecified atom stereocenters. The molecule has 1 aromatic heterocycles. The van der Waals surface area contributed by atoms with Crippen molar-refractivity contribution < 1.29 is 33.3 Å². The monoisotopic (exact) mass is 679 g/mol. The number of carbonyl (C=O) groups excluding carboxylic acids is 3. The lowest BCUT2D eigenvalue weighted by atomic mass is 10.1. The molecule has 4 atom stereocenters. The van der Waals surface area contributed by atoms with Gasteiger partial charge >= 0.3 is 23.6 Å². The Balaban J connectivity index is 1.37. The largest absolute Gasteiger partial charge is 0.459 e. The lowest BCUT2D eigenvalue weighted by Gasteiger charge is -2.24. The number of esters is 3. The van der Waals surface area contributed by atoms with Gasteiger partial charge in [-0.15, -0.1) is 0 Å². The number of carbonyl (C=O) groups is 3. The van der Waals surface area contributed by atoms with Crippen LogP contribution in [0.3, 0.4) is 0 Å². The third-order valence-electron chi connectivity index (χ3n) is 7.46. The zero-order valence-corrected chi connectivity index (χ0v) is 26.6. The molecule has 0 spiro atoms. The van der Waals surface area contributed by atoms with E-state index >= 15 is 0 Å². The fourth-order valence-electron chi connectivity index (χ4n) is 5.04. The summed E-state index contributed by atoms with van der Waals surface area (Å²) in [6, 6.07) is 33.7. The van der Waals surface area contributed by atoms with E-state index in [9.17, 15) is 24.0 Å². The van der Waals surface area contributed by atoms with Crippen LogP contribution >= 0.6 is 11.8 Å². The number of benzene rings is 4. The zero-order valence-electron chi connectivity index (χ0n) is 25.7. The molecule has 0 saturated carbocycles. The van der Waals surface area contributed by atoms with Crippen LogP contribution in [0.25, 0.3) is 0 Å². The minimum absolute atomic E-state index is 0.0584. The Morgan fingerprint density at radius 1 is 0.694 bits per heavy atom. The lowest BCUT2D eigenvalue weighted by molar-refractivity contribution is -0.0707.